The van der Waals surface area contributed by atoms with E-state index in [1.807, 2.05) is 6.07 Å². The maximum atomic E-state index is 12.7. The predicted molar refractivity (Wildman–Crippen MR) is 130 cm³/mol. The highest BCUT2D eigenvalue weighted by atomic mass is 16.6. The minimum absolute atomic E-state index is 0.0741. The van der Waals surface area contributed by atoms with E-state index < -0.39 is 18.0 Å². The number of nitrogens with one attached hydrogen (secondary N) is 1. The maximum absolute atomic E-state index is 12.7. The Morgan fingerprint density at radius 3 is 2.36 bits per heavy atom. The van der Waals surface area contributed by atoms with Gasteiger partial charge in [0.2, 0.25) is 11.9 Å². The summed E-state index contributed by atoms with van der Waals surface area (Å²) < 4.78 is 32.5. The third kappa shape index (κ3) is 5.49. The Morgan fingerprint density at radius 2 is 1.67 bits per heavy atom. The fourth-order valence-corrected chi connectivity index (χ4v) is 3.41. The van der Waals surface area contributed by atoms with Gasteiger partial charge in [0.15, 0.2) is 23.0 Å². The molecule has 0 saturated heterocycles. The number of hydrogen-bond acceptors (Lipinski definition) is 9. The third-order valence-electron chi connectivity index (χ3n) is 5.16. The van der Waals surface area contributed by atoms with Crippen molar-refractivity contribution in [1.29, 1.82) is 0 Å². The van der Waals surface area contributed by atoms with Crippen molar-refractivity contribution in [2.24, 2.45) is 5.10 Å². The Labute approximate surface area is 207 Å². The molecule has 0 radical (unpaired) electrons. The van der Waals surface area contributed by atoms with Crippen LogP contribution >= 0.6 is 0 Å². The molecule has 1 N–H and O–H groups in total. The molecule has 1 heterocycles. The van der Waals surface area contributed by atoms with Crippen molar-refractivity contribution in [3.8, 4) is 34.5 Å². The number of benzene rings is 3. The molecule has 0 fully saturated rings. The molecule has 0 bridgehead atoms. The van der Waals surface area contributed by atoms with E-state index in [4.69, 9.17) is 28.4 Å². The highest BCUT2D eigenvalue weighted by Gasteiger charge is 2.27. The van der Waals surface area contributed by atoms with Crippen molar-refractivity contribution in [2.75, 3.05) is 27.9 Å². The summed E-state index contributed by atoms with van der Waals surface area (Å²) in [5.74, 6) is 1.32. The Balaban J connectivity index is 1.39. The lowest BCUT2D eigenvalue weighted by Gasteiger charge is -2.24. The number of carbonyl (C=O) groups is 2. The molecule has 0 aromatic heterocycles. The number of carbonyl (C=O) groups excluding carboxylic acids is 2. The van der Waals surface area contributed by atoms with Crippen molar-refractivity contribution in [3.05, 3.63) is 71.8 Å². The number of rotatable bonds is 8. The summed E-state index contributed by atoms with van der Waals surface area (Å²) in [5.41, 5.74) is 3.24. The molecule has 0 saturated carbocycles. The van der Waals surface area contributed by atoms with Crippen LogP contribution in [0.15, 0.2) is 65.8 Å². The van der Waals surface area contributed by atoms with E-state index in [0.717, 1.165) is 0 Å². The van der Waals surface area contributed by atoms with Crippen LogP contribution in [0, 0.1) is 0 Å². The van der Waals surface area contributed by atoms with Crippen molar-refractivity contribution in [1.82, 2.24) is 5.43 Å². The smallest absolute Gasteiger partial charge is 0.343 e. The number of fused-ring (bicyclic) bond motifs is 1. The van der Waals surface area contributed by atoms with Crippen molar-refractivity contribution >= 4 is 18.1 Å². The zero-order chi connectivity index (χ0) is 25.5. The van der Waals surface area contributed by atoms with E-state index >= 15 is 0 Å². The summed E-state index contributed by atoms with van der Waals surface area (Å²) in [6.45, 7) is 0.0741. The van der Waals surface area contributed by atoms with Crippen LogP contribution in [0.1, 0.15) is 15.9 Å². The highest BCUT2D eigenvalue weighted by molar-refractivity contribution is 5.93. The van der Waals surface area contributed by atoms with E-state index in [1.165, 1.54) is 39.7 Å². The average molecular weight is 492 g/mol. The first-order chi connectivity index (χ1) is 17.5. The first kappa shape index (κ1) is 24.4. The lowest BCUT2D eigenvalue weighted by atomic mass is 10.1. The van der Waals surface area contributed by atoms with E-state index in [2.05, 4.69) is 10.5 Å². The molecule has 1 aliphatic heterocycles. The maximum Gasteiger partial charge on any atom is 0.343 e. The summed E-state index contributed by atoms with van der Waals surface area (Å²) in [4.78, 5) is 25.1. The van der Waals surface area contributed by atoms with Crippen LogP contribution in [-0.4, -0.2) is 52.1 Å². The van der Waals surface area contributed by atoms with Gasteiger partial charge in [0, 0.05) is 0 Å². The number of esters is 1. The fraction of sp³-hybridized carbons (Fsp3) is 0.192. The van der Waals surface area contributed by atoms with Crippen LogP contribution in [-0.2, 0) is 4.79 Å². The van der Waals surface area contributed by atoms with E-state index in [9.17, 15) is 9.59 Å². The van der Waals surface area contributed by atoms with Gasteiger partial charge < -0.3 is 28.4 Å². The van der Waals surface area contributed by atoms with Crippen LogP contribution in [0.3, 0.4) is 0 Å². The lowest BCUT2D eigenvalue weighted by molar-refractivity contribution is -0.130. The van der Waals surface area contributed by atoms with Gasteiger partial charge in [-0.05, 0) is 42.0 Å². The molecule has 3 aromatic rings. The van der Waals surface area contributed by atoms with Crippen LogP contribution < -0.4 is 33.8 Å². The average Bonchev–Trinajstić information content (AvgIpc) is 2.91. The van der Waals surface area contributed by atoms with Gasteiger partial charge in [-0.3, -0.25) is 4.79 Å². The molecule has 1 atom stereocenters. The number of amides is 1. The zero-order valence-corrected chi connectivity index (χ0v) is 19.8. The molecular weight excluding hydrogens is 468 g/mol. The number of para-hydroxylation sites is 2. The van der Waals surface area contributed by atoms with Crippen LogP contribution in [0.25, 0.3) is 0 Å². The molecule has 186 valence electrons. The molecule has 10 heteroatoms. The van der Waals surface area contributed by atoms with E-state index in [-0.39, 0.29) is 17.9 Å². The SMILES string of the molecule is COc1cc(C(=O)Oc2cccc(/C=N\NC(=O)[C@H]3COc4ccccc4O3)c2)cc(OC)c1OC. The molecule has 10 nitrogen and oxygen atoms in total. The van der Waals surface area contributed by atoms with Crippen molar-refractivity contribution in [3.63, 3.8) is 0 Å². The molecule has 36 heavy (non-hydrogen) atoms. The fourth-order valence-electron chi connectivity index (χ4n) is 3.41. The Bertz CT molecular complexity index is 1270. The first-order valence-corrected chi connectivity index (χ1v) is 10.9. The number of ether oxygens (including phenoxy) is 6. The second-order valence-corrected chi connectivity index (χ2v) is 7.47. The van der Waals surface area contributed by atoms with Gasteiger partial charge in [-0.25, -0.2) is 10.2 Å². The second-order valence-electron chi connectivity index (χ2n) is 7.47. The van der Waals surface area contributed by atoms with Gasteiger partial charge in [-0.1, -0.05) is 24.3 Å². The molecule has 1 amide bonds. The Kier molecular flexibility index (Phi) is 7.54. The molecular formula is C26H24N2O8. The number of hydrazone groups is 1. The van der Waals surface area contributed by atoms with Crippen LogP contribution in [0.5, 0.6) is 34.5 Å². The quantitative estimate of drug-likeness (QED) is 0.221. The molecule has 0 spiro atoms. The molecule has 0 aliphatic carbocycles. The number of methoxy groups -OCH3 is 3. The van der Waals surface area contributed by atoms with Gasteiger partial charge in [-0.15, -0.1) is 0 Å². The topological polar surface area (TPSA) is 114 Å². The van der Waals surface area contributed by atoms with Gasteiger partial charge in [0.25, 0.3) is 5.91 Å². The minimum atomic E-state index is -0.831. The lowest BCUT2D eigenvalue weighted by Crippen LogP contribution is -2.42. The van der Waals surface area contributed by atoms with E-state index in [1.54, 1.807) is 42.5 Å². The summed E-state index contributed by atoms with van der Waals surface area (Å²) in [5, 5.41) is 3.97. The summed E-state index contributed by atoms with van der Waals surface area (Å²) in [6, 6.07) is 16.8. The third-order valence-corrected chi connectivity index (χ3v) is 5.16. The van der Waals surface area contributed by atoms with Crippen molar-refractivity contribution in [2.45, 2.75) is 6.10 Å². The minimum Gasteiger partial charge on any atom is -0.493 e. The van der Waals surface area contributed by atoms with Gasteiger partial charge >= 0.3 is 5.97 Å². The number of hydrogen-bond donors (Lipinski definition) is 1. The van der Waals surface area contributed by atoms with Gasteiger partial charge in [-0.2, -0.15) is 5.10 Å². The largest absolute Gasteiger partial charge is 0.493 e. The Morgan fingerprint density at radius 1 is 0.944 bits per heavy atom. The molecule has 0 unspecified atom stereocenters. The van der Waals surface area contributed by atoms with E-state index in [0.29, 0.717) is 34.3 Å². The summed E-state index contributed by atoms with van der Waals surface area (Å²) in [7, 11) is 4.39. The number of nitrogens with zero attached hydrogens (tertiary/aromatic N) is 1. The van der Waals surface area contributed by atoms with Gasteiger partial charge in [0.05, 0.1) is 33.1 Å². The summed E-state index contributed by atoms with van der Waals surface area (Å²) in [6.07, 6.45) is 0.592. The van der Waals surface area contributed by atoms with Crippen LogP contribution in [0.2, 0.25) is 0 Å². The van der Waals surface area contributed by atoms with Crippen LogP contribution in [0.4, 0.5) is 0 Å². The monoisotopic (exact) mass is 492 g/mol. The normalized spacial score (nSPS) is 14.1. The van der Waals surface area contributed by atoms with Gasteiger partial charge in [0.1, 0.15) is 12.4 Å². The molecule has 1 aliphatic rings. The predicted octanol–water partition coefficient (Wildman–Crippen LogP) is 3.22. The first-order valence-electron chi connectivity index (χ1n) is 10.9. The highest BCUT2D eigenvalue weighted by Crippen LogP contribution is 2.38. The zero-order valence-electron chi connectivity index (χ0n) is 19.8. The summed E-state index contributed by atoms with van der Waals surface area (Å²) >= 11 is 0. The molecule has 4 rings (SSSR count). The molecule has 3 aromatic carbocycles. The standard InChI is InChI=1S/C26H24N2O8/c1-31-21-12-17(13-22(32-2)24(21)33-3)26(30)35-18-8-6-7-16(11-18)14-27-28-25(29)23-15-34-19-9-4-5-10-20(19)36-23/h4-14,23H,15H2,1-3H3,(H,28,29)/b27-14-/t23-/m1/s1. The van der Waals surface area contributed by atoms with Crippen molar-refractivity contribution < 1.29 is 38.0 Å². The Hall–Kier alpha value is -4.73. The second kappa shape index (κ2) is 11.1.